The van der Waals surface area contributed by atoms with Crippen LogP contribution in [-0.4, -0.2) is 84.9 Å². The van der Waals surface area contributed by atoms with E-state index in [-0.39, 0.29) is 18.3 Å². The molecule has 2 aliphatic heterocycles. The summed E-state index contributed by atoms with van der Waals surface area (Å²) in [6.45, 7) is 11.8. The van der Waals surface area contributed by atoms with Crippen molar-refractivity contribution in [2.24, 2.45) is 0 Å². The normalized spacial score (nSPS) is 26.1. The zero-order valence-electron chi connectivity index (χ0n) is 20.6. The number of carbonyl (C=O) groups excluding carboxylic acids is 3. The van der Waals surface area contributed by atoms with E-state index in [1.54, 1.807) is 34.6 Å². The molecule has 194 valence electrons. The number of thiocarbonyl (C=S) groups is 1. The number of ether oxygens (including phenoxy) is 6. The summed E-state index contributed by atoms with van der Waals surface area (Å²) in [5.74, 6) is -1.93. The molecule has 12 nitrogen and oxygen atoms in total. The molecule has 13 heteroatoms. The summed E-state index contributed by atoms with van der Waals surface area (Å²) < 4.78 is 33.5. The Kier molecular flexibility index (Phi) is 9.45. The largest absolute Gasteiger partial charge is 0.464 e. The van der Waals surface area contributed by atoms with Crippen LogP contribution in [-0.2, 0) is 38.0 Å². The highest BCUT2D eigenvalue weighted by atomic mass is 32.1. The molecule has 0 unspecified atom stereocenters. The van der Waals surface area contributed by atoms with Crippen molar-refractivity contribution in [2.75, 3.05) is 19.7 Å². The summed E-state index contributed by atoms with van der Waals surface area (Å²) in [6, 6.07) is -0.687. The van der Waals surface area contributed by atoms with Crippen LogP contribution in [0.5, 0.6) is 0 Å². The standard InChI is InChI=1S/C21H35N3O9S/c1-11(25)28-10-13(24-18(34)22-8-9-23-19(27)33-20(3,4)5)14-15(29-12(2)26)16-17(30-14)32-21(6,7)31-16/h13-17H,8-10H2,1-7H3,(H,23,27)(H2,22,24,34)/t13-,14-,15+,16-,17-/m1/s1. The van der Waals surface area contributed by atoms with Crippen molar-refractivity contribution in [2.45, 2.75) is 90.5 Å². The van der Waals surface area contributed by atoms with Gasteiger partial charge in [-0.2, -0.15) is 0 Å². The van der Waals surface area contributed by atoms with Gasteiger partial charge in [-0.3, -0.25) is 9.59 Å². The molecule has 2 heterocycles. The molecule has 0 radical (unpaired) electrons. The topological polar surface area (TPSA) is 143 Å². The first-order valence-corrected chi connectivity index (χ1v) is 11.4. The molecule has 1 amide bonds. The van der Waals surface area contributed by atoms with Gasteiger partial charge in [-0.1, -0.05) is 0 Å². The summed E-state index contributed by atoms with van der Waals surface area (Å²) in [5, 5.41) is 8.80. The molecule has 2 saturated heterocycles. The van der Waals surface area contributed by atoms with E-state index in [0.717, 1.165) is 0 Å². The Labute approximate surface area is 204 Å². The minimum absolute atomic E-state index is 0.113. The number of nitrogens with one attached hydrogen (secondary N) is 3. The fourth-order valence-electron chi connectivity index (χ4n) is 3.45. The van der Waals surface area contributed by atoms with Crippen molar-refractivity contribution in [1.29, 1.82) is 0 Å². The molecule has 0 saturated carbocycles. The summed E-state index contributed by atoms with van der Waals surface area (Å²) >= 11 is 5.34. The maximum atomic E-state index is 11.8. The van der Waals surface area contributed by atoms with Crippen LogP contribution >= 0.6 is 12.2 Å². The van der Waals surface area contributed by atoms with Crippen molar-refractivity contribution in [3.05, 3.63) is 0 Å². The van der Waals surface area contributed by atoms with Crippen molar-refractivity contribution in [3.8, 4) is 0 Å². The van der Waals surface area contributed by atoms with Crippen LogP contribution in [0.4, 0.5) is 4.79 Å². The predicted octanol–water partition coefficient (Wildman–Crippen LogP) is 0.715. The van der Waals surface area contributed by atoms with Crippen LogP contribution < -0.4 is 16.0 Å². The highest BCUT2D eigenvalue weighted by Crippen LogP contribution is 2.39. The maximum Gasteiger partial charge on any atom is 0.407 e. The number of hydrogen-bond donors (Lipinski definition) is 3. The SMILES string of the molecule is CC(=O)OC[C@@H](NC(=S)NCCNC(=O)OC(C)(C)C)[C@H]1O[C@@H]2OC(C)(C)O[C@@H]2[C@H]1OC(C)=O. The number of amides is 1. The Bertz CT molecular complexity index is 771. The lowest BCUT2D eigenvalue weighted by molar-refractivity contribution is -0.222. The van der Waals surface area contributed by atoms with Crippen LogP contribution in [0.25, 0.3) is 0 Å². The van der Waals surface area contributed by atoms with Crippen molar-refractivity contribution in [3.63, 3.8) is 0 Å². The highest BCUT2D eigenvalue weighted by molar-refractivity contribution is 7.80. The molecule has 0 bridgehead atoms. The van der Waals surface area contributed by atoms with E-state index in [9.17, 15) is 14.4 Å². The summed E-state index contributed by atoms with van der Waals surface area (Å²) in [6.07, 6.45) is -3.59. The number of esters is 2. The van der Waals surface area contributed by atoms with Crippen molar-refractivity contribution >= 4 is 35.4 Å². The number of carbonyl (C=O) groups is 3. The third-order valence-corrected chi connectivity index (χ3v) is 4.85. The maximum absolute atomic E-state index is 11.8. The van der Waals surface area contributed by atoms with Crippen molar-refractivity contribution < 1.29 is 42.8 Å². The third-order valence-electron chi connectivity index (χ3n) is 4.59. The van der Waals surface area contributed by atoms with Gasteiger partial charge >= 0.3 is 18.0 Å². The van der Waals surface area contributed by atoms with Gasteiger partial charge in [-0.15, -0.1) is 0 Å². The van der Waals surface area contributed by atoms with E-state index >= 15 is 0 Å². The Balaban J connectivity index is 1.98. The number of alkyl carbamates (subject to hydrolysis) is 1. The van der Waals surface area contributed by atoms with Gasteiger partial charge in [0.05, 0.1) is 6.04 Å². The Hall–Kier alpha value is -2.22. The molecule has 0 spiro atoms. The van der Waals surface area contributed by atoms with E-state index < -0.39 is 60.1 Å². The zero-order valence-corrected chi connectivity index (χ0v) is 21.4. The molecule has 0 aliphatic carbocycles. The second-order valence-corrected chi connectivity index (χ2v) is 9.79. The van der Waals surface area contributed by atoms with Gasteiger partial charge in [0.1, 0.15) is 18.3 Å². The van der Waals surface area contributed by atoms with Gasteiger partial charge in [0.25, 0.3) is 0 Å². The average molecular weight is 506 g/mol. The lowest BCUT2D eigenvalue weighted by Crippen LogP contribution is -2.55. The van der Waals surface area contributed by atoms with Crippen molar-refractivity contribution in [1.82, 2.24) is 16.0 Å². The molecule has 0 aromatic carbocycles. The van der Waals surface area contributed by atoms with Crippen LogP contribution in [0, 0.1) is 0 Å². The minimum Gasteiger partial charge on any atom is -0.464 e. The lowest BCUT2D eigenvalue weighted by Gasteiger charge is -2.31. The van der Waals surface area contributed by atoms with Gasteiger partial charge < -0.3 is 44.4 Å². The van der Waals surface area contributed by atoms with Crippen LogP contribution in [0.3, 0.4) is 0 Å². The molecule has 2 fully saturated rings. The van der Waals surface area contributed by atoms with Gasteiger partial charge in [0.15, 0.2) is 29.4 Å². The number of hydrogen-bond acceptors (Lipinski definition) is 10. The van der Waals surface area contributed by atoms with Gasteiger partial charge in [-0.05, 0) is 46.8 Å². The van der Waals surface area contributed by atoms with E-state index in [0.29, 0.717) is 6.54 Å². The number of rotatable bonds is 8. The monoisotopic (exact) mass is 505 g/mol. The third kappa shape index (κ3) is 8.85. The first-order chi connectivity index (χ1) is 15.7. The predicted molar refractivity (Wildman–Crippen MR) is 123 cm³/mol. The second kappa shape index (κ2) is 11.5. The fourth-order valence-corrected chi connectivity index (χ4v) is 3.71. The molecule has 34 heavy (non-hydrogen) atoms. The Morgan fingerprint density at radius 1 is 1.06 bits per heavy atom. The van der Waals surface area contributed by atoms with E-state index in [4.69, 9.17) is 40.6 Å². The molecule has 2 rings (SSSR count). The second-order valence-electron chi connectivity index (χ2n) is 9.38. The van der Waals surface area contributed by atoms with Crippen LogP contribution in [0.2, 0.25) is 0 Å². The average Bonchev–Trinajstić information content (AvgIpc) is 3.13. The molecule has 0 aromatic rings. The quantitative estimate of drug-likeness (QED) is 0.185. The van der Waals surface area contributed by atoms with E-state index in [1.807, 2.05) is 0 Å². The summed E-state index contributed by atoms with van der Waals surface area (Å²) in [4.78, 5) is 34.9. The Morgan fingerprint density at radius 3 is 2.29 bits per heavy atom. The van der Waals surface area contributed by atoms with E-state index in [1.165, 1.54) is 13.8 Å². The fraction of sp³-hybridized carbons (Fsp3) is 0.810. The van der Waals surface area contributed by atoms with Crippen LogP contribution in [0.15, 0.2) is 0 Å². The summed E-state index contributed by atoms with van der Waals surface area (Å²) in [5.41, 5.74) is -0.598. The highest BCUT2D eigenvalue weighted by Gasteiger charge is 2.58. The zero-order chi connectivity index (χ0) is 25.7. The Morgan fingerprint density at radius 2 is 1.71 bits per heavy atom. The molecular formula is C21H35N3O9S. The molecule has 3 N–H and O–H groups in total. The molecular weight excluding hydrogens is 470 g/mol. The molecule has 2 aliphatic rings. The lowest BCUT2D eigenvalue weighted by atomic mass is 10.0. The smallest absolute Gasteiger partial charge is 0.407 e. The molecule has 0 aromatic heterocycles. The van der Waals surface area contributed by atoms with Gasteiger partial charge in [0, 0.05) is 26.9 Å². The first-order valence-electron chi connectivity index (χ1n) is 11.0. The van der Waals surface area contributed by atoms with Crippen LogP contribution in [0.1, 0.15) is 48.5 Å². The van der Waals surface area contributed by atoms with Gasteiger partial charge in [0.2, 0.25) is 0 Å². The van der Waals surface area contributed by atoms with Gasteiger partial charge in [-0.25, -0.2) is 4.79 Å². The first kappa shape index (κ1) is 28.0. The summed E-state index contributed by atoms with van der Waals surface area (Å²) in [7, 11) is 0. The minimum atomic E-state index is -0.907. The van der Waals surface area contributed by atoms with E-state index in [2.05, 4.69) is 16.0 Å². The number of fused-ring (bicyclic) bond motifs is 1. The molecule has 5 atom stereocenters.